The van der Waals surface area contributed by atoms with Crippen molar-refractivity contribution in [2.75, 3.05) is 12.0 Å². The zero-order valence-corrected chi connectivity index (χ0v) is 9.39. The number of hydrogen-bond acceptors (Lipinski definition) is 3. The van der Waals surface area contributed by atoms with Gasteiger partial charge >= 0.3 is 0 Å². The molecule has 1 aromatic rings. The molecule has 0 amide bonds. The second kappa shape index (κ2) is 3.21. The molecule has 0 atom stereocenters. The van der Waals surface area contributed by atoms with Crippen LogP contribution in [0.3, 0.4) is 0 Å². The van der Waals surface area contributed by atoms with Crippen molar-refractivity contribution in [1.82, 2.24) is 0 Å². The molecule has 5 heteroatoms. The fourth-order valence-electron chi connectivity index (χ4n) is 0.798. The zero-order valence-electron chi connectivity index (χ0n) is 6.41. The molecule has 0 aliphatic carbocycles. The molecule has 66 valence electrons. The van der Waals surface area contributed by atoms with E-state index in [0.29, 0.717) is 5.69 Å². The van der Waals surface area contributed by atoms with E-state index in [1.807, 2.05) is 22.6 Å². The average molecular weight is 297 g/mol. The Labute approximate surface area is 85.0 Å². The van der Waals surface area contributed by atoms with E-state index in [1.54, 1.807) is 12.1 Å². The summed E-state index contributed by atoms with van der Waals surface area (Å²) in [5, 5.41) is 0. The molecule has 0 aliphatic rings. The highest BCUT2D eigenvalue weighted by Crippen LogP contribution is 2.17. The van der Waals surface area contributed by atoms with E-state index in [2.05, 4.69) is 0 Å². The highest BCUT2D eigenvalue weighted by atomic mass is 127. The largest absolute Gasteiger partial charge is 0.399 e. The lowest BCUT2D eigenvalue weighted by atomic mass is 10.3. The van der Waals surface area contributed by atoms with Crippen LogP contribution in [0.2, 0.25) is 0 Å². The molecular formula is C7H8INO2S. The molecule has 0 saturated heterocycles. The Morgan fingerprint density at radius 3 is 2.33 bits per heavy atom. The number of rotatable bonds is 1. The minimum atomic E-state index is -3.13. The number of halogens is 1. The topological polar surface area (TPSA) is 60.2 Å². The third-order valence-corrected chi connectivity index (χ3v) is 3.04. The van der Waals surface area contributed by atoms with Crippen molar-refractivity contribution in [3.8, 4) is 0 Å². The van der Waals surface area contributed by atoms with E-state index >= 15 is 0 Å². The minimum Gasteiger partial charge on any atom is -0.399 e. The molecule has 1 aromatic carbocycles. The Kier molecular flexibility index (Phi) is 2.62. The van der Waals surface area contributed by atoms with Crippen molar-refractivity contribution in [3.63, 3.8) is 0 Å². The molecule has 0 aliphatic heterocycles. The van der Waals surface area contributed by atoms with E-state index < -0.39 is 9.84 Å². The van der Waals surface area contributed by atoms with Crippen molar-refractivity contribution in [2.45, 2.75) is 4.90 Å². The highest BCUT2D eigenvalue weighted by molar-refractivity contribution is 14.1. The maximum Gasteiger partial charge on any atom is 0.175 e. The highest BCUT2D eigenvalue weighted by Gasteiger charge is 2.07. The standard InChI is InChI=1S/C7H8INO2S/c1-12(10,11)7-3-5(8)2-6(9)4-7/h2-4H,9H2,1H3. The first kappa shape index (κ1) is 9.79. The van der Waals surface area contributed by atoms with Gasteiger partial charge in [-0.15, -0.1) is 0 Å². The Morgan fingerprint density at radius 2 is 1.92 bits per heavy atom. The van der Waals surface area contributed by atoms with Crippen LogP contribution in [-0.4, -0.2) is 14.7 Å². The normalized spacial score (nSPS) is 11.5. The molecule has 0 heterocycles. The number of nitrogen functional groups attached to an aromatic ring is 1. The molecular weight excluding hydrogens is 289 g/mol. The van der Waals surface area contributed by atoms with Crippen LogP contribution in [0.15, 0.2) is 23.1 Å². The van der Waals surface area contributed by atoms with E-state index in [-0.39, 0.29) is 4.90 Å². The van der Waals surface area contributed by atoms with Gasteiger partial charge in [-0.1, -0.05) is 0 Å². The maximum absolute atomic E-state index is 11.1. The Bertz CT molecular complexity index is 380. The summed E-state index contributed by atoms with van der Waals surface area (Å²) in [5.74, 6) is 0. The lowest BCUT2D eigenvalue weighted by molar-refractivity contribution is 0.602. The molecule has 0 bridgehead atoms. The fraction of sp³-hybridized carbons (Fsp3) is 0.143. The van der Waals surface area contributed by atoms with Crippen molar-refractivity contribution in [3.05, 3.63) is 21.8 Å². The second-order valence-corrected chi connectivity index (χ2v) is 5.75. The molecule has 0 fully saturated rings. The van der Waals surface area contributed by atoms with E-state index in [9.17, 15) is 8.42 Å². The predicted molar refractivity (Wildman–Crippen MR) is 56.7 cm³/mol. The molecule has 0 spiro atoms. The third kappa shape index (κ3) is 2.34. The number of hydrogen-bond donors (Lipinski definition) is 1. The Hall–Kier alpha value is -0.300. The summed E-state index contributed by atoms with van der Waals surface area (Å²) < 4.78 is 23.0. The summed E-state index contributed by atoms with van der Waals surface area (Å²) in [7, 11) is -3.13. The first-order valence-electron chi connectivity index (χ1n) is 3.16. The van der Waals surface area contributed by atoms with Gasteiger partial charge in [0.2, 0.25) is 0 Å². The number of nitrogens with two attached hydrogens (primary N) is 1. The quantitative estimate of drug-likeness (QED) is 0.627. The molecule has 0 radical (unpaired) electrons. The summed E-state index contributed by atoms with van der Waals surface area (Å²) in [6.07, 6.45) is 1.16. The number of sulfone groups is 1. The summed E-state index contributed by atoms with van der Waals surface area (Å²) >= 11 is 2.03. The van der Waals surface area contributed by atoms with E-state index in [1.165, 1.54) is 6.07 Å². The van der Waals surface area contributed by atoms with Crippen molar-refractivity contribution < 1.29 is 8.42 Å². The molecule has 0 unspecified atom stereocenters. The van der Waals surface area contributed by atoms with Crippen LogP contribution in [0.5, 0.6) is 0 Å². The van der Waals surface area contributed by atoms with Crippen molar-refractivity contribution in [2.24, 2.45) is 0 Å². The van der Waals surface area contributed by atoms with Crippen molar-refractivity contribution >= 4 is 38.1 Å². The van der Waals surface area contributed by atoms with Gasteiger partial charge in [-0.05, 0) is 40.8 Å². The maximum atomic E-state index is 11.1. The lowest BCUT2D eigenvalue weighted by Gasteiger charge is -2.00. The van der Waals surface area contributed by atoms with Crippen LogP contribution in [0, 0.1) is 3.57 Å². The van der Waals surface area contributed by atoms with Gasteiger partial charge in [0.1, 0.15) is 0 Å². The van der Waals surface area contributed by atoms with Gasteiger partial charge in [0.15, 0.2) is 9.84 Å². The zero-order chi connectivity index (χ0) is 9.35. The van der Waals surface area contributed by atoms with Gasteiger partial charge in [0, 0.05) is 15.5 Å². The van der Waals surface area contributed by atoms with Gasteiger partial charge in [-0.2, -0.15) is 0 Å². The average Bonchev–Trinajstić information content (AvgIpc) is 1.82. The van der Waals surface area contributed by atoms with E-state index in [4.69, 9.17) is 5.73 Å². The SMILES string of the molecule is CS(=O)(=O)c1cc(N)cc(I)c1. The lowest BCUT2D eigenvalue weighted by Crippen LogP contribution is -1.99. The molecule has 12 heavy (non-hydrogen) atoms. The summed E-state index contributed by atoms with van der Waals surface area (Å²) in [6.45, 7) is 0. The van der Waals surface area contributed by atoms with Crippen LogP contribution in [0.4, 0.5) is 5.69 Å². The Morgan fingerprint density at radius 1 is 1.33 bits per heavy atom. The summed E-state index contributed by atoms with van der Waals surface area (Å²) in [6, 6.07) is 4.76. The van der Waals surface area contributed by atoms with Crippen LogP contribution >= 0.6 is 22.6 Å². The predicted octanol–water partition coefficient (Wildman–Crippen LogP) is 1.28. The minimum absolute atomic E-state index is 0.270. The molecule has 2 N–H and O–H groups in total. The van der Waals surface area contributed by atoms with Gasteiger partial charge in [-0.3, -0.25) is 0 Å². The van der Waals surface area contributed by atoms with Gasteiger partial charge in [0.25, 0.3) is 0 Å². The molecule has 0 aromatic heterocycles. The Balaban J connectivity index is 3.37. The van der Waals surface area contributed by atoms with Crippen molar-refractivity contribution in [1.29, 1.82) is 0 Å². The smallest absolute Gasteiger partial charge is 0.175 e. The van der Waals surface area contributed by atoms with Crippen LogP contribution in [-0.2, 0) is 9.84 Å². The number of benzene rings is 1. The monoisotopic (exact) mass is 297 g/mol. The van der Waals surface area contributed by atoms with Crippen LogP contribution in [0.25, 0.3) is 0 Å². The van der Waals surface area contributed by atoms with Gasteiger partial charge in [0.05, 0.1) is 4.90 Å². The van der Waals surface area contributed by atoms with Gasteiger partial charge < -0.3 is 5.73 Å². The molecule has 3 nitrogen and oxygen atoms in total. The number of anilines is 1. The summed E-state index contributed by atoms with van der Waals surface area (Å²) in [4.78, 5) is 0.270. The first-order chi connectivity index (χ1) is 5.39. The first-order valence-corrected chi connectivity index (χ1v) is 6.13. The van der Waals surface area contributed by atoms with Crippen LogP contribution in [0.1, 0.15) is 0 Å². The second-order valence-electron chi connectivity index (χ2n) is 2.49. The molecule has 0 saturated carbocycles. The fourth-order valence-corrected chi connectivity index (χ4v) is 2.40. The third-order valence-electron chi connectivity index (χ3n) is 1.32. The summed E-state index contributed by atoms with van der Waals surface area (Å²) in [5.41, 5.74) is 5.96. The molecule has 1 rings (SSSR count). The van der Waals surface area contributed by atoms with E-state index in [0.717, 1.165) is 9.83 Å². The van der Waals surface area contributed by atoms with Gasteiger partial charge in [-0.25, -0.2) is 8.42 Å². The van der Waals surface area contributed by atoms with Crippen LogP contribution < -0.4 is 5.73 Å².